The molecule has 296 valence electrons. The Labute approximate surface area is 292 Å². The van der Waals surface area contributed by atoms with Gasteiger partial charge in [0.05, 0.1) is 192 Å². The zero-order valence-corrected chi connectivity index (χ0v) is 29.8. The summed E-state index contributed by atoms with van der Waals surface area (Å²) in [4.78, 5) is 0. The van der Waals surface area contributed by atoms with Gasteiger partial charge in [-0.2, -0.15) is 0 Å². The Kier molecular flexibility index (Phi) is 44.7. The zero-order chi connectivity index (χ0) is 35.4. The Morgan fingerprint density at radius 3 is 0.673 bits per heavy atom. The highest BCUT2D eigenvalue weighted by Crippen LogP contribution is 1.90. The molecule has 1 atom stereocenters. The van der Waals surface area contributed by atoms with Gasteiger partial charge in [-0.3, -0.25) is 0 Å². The van der Waals surface area contributed by atoms with Gasteiger partial charge in [-0.1, -0.05) is 0 Å². The summed E-state index contributed by atoms with van der Waals surface area (Å²) in [6, 6.07) is 0. The molecule has 0 aliphatic carbocycles. The monoisotopic (exact) mass is 722 g/mol. The minimum Gasteiger partial charge on any atom is -0.394 e. The first-order valence-corrected chi connectivity index (χ1v) is 17.3. The highest BCUT2D eigenvalue weighted by Gasteiger charge is 2.02. The van der Waals surface area contributed by atoms with E-state index in [0.29, 0.717) is 185 Å². The molecule has 2 N–H and O–H groups in total. The van der Waals surface area contributed by atoms with Crippen molar-refractivity contribution in [1.29, 1.82) is 0 Å². The van der Waals surface area contributed by atoms with E-state index in [4.69, 9.17) is 76.2 Å². The number of aliphatic hydroxyl groups is 2. The molecular formula is C32H66O17. The van der Waals surface area contributed by atoms with Gasteiger partial charge in [0.15, 0.2) is 6.29 Å². The second kappa shape index (κ2) is 45.3. The van der Waals surface area contributed by atoms with E-state index in [1.165, 1.54) is 0 Å². The summed E-state index contributed by atoms with van der Waals surface area (Å²) in [6.07, 6.45) is -0.891. The smallest absolute Gasteiger partial charge is 0.178 e. The molecule has 0 radical (unpaired) electrons. The van der Waals surface area contributed by atoms with Crippen LogP contribution < -0.4 is 0 Å². The minimum absolute atomic E-state index is 0.0214. The Balaban J connectivity index is 3.05. The molecule has 17 nitrogen and oxygen atoms in total. The first-order chi connectivity index (χ1) is 24.3. The molecule has 0 rings (SSSR count). The van der Waals surface area contributed by atoms with Crippen LogP contribution >= 0.6 is 0 Å². The molecule has 0 saturated carbocycles. The van der Waals surface area contributed by atoms with Crippen LogP contribution in [0.15, 0.2) is 0 Å². The molecule has 0 aromatic rings. The molecule has 0 heterocycles. The van der Waals surface area contributed by atoms with Gasteiger partial charge < -0.3 is 81.3 Å². The zero-order valence-electron chi connectivity index (χ0n) is 29.8. The predicted octanol–water partition coefficient (Wildman–Crippen LogP) is -0.434. The van der Waals surface area contributed by atoms with Gasteiger partial charge in [0, 0.05) is 6.61 Å². The van der Waals surface area contributed by atoms with Crippen LogP contribution in [0.25, 0.3) is 0 Å². The predicted molar refractivity (Wildman–Crippen MR) is 176 cm³/mol. The molecule has 1 unspecified atom stereocenters. The Bertz CT molecular complexity index is 582. The summed E-state index contributed by atoms with van der Waals surface area (Å²) in [5, 5.41) is 17.9. The van der Waals surface area contributed by atoms with E-state index in [2.05, 4.69) is 0 Å². The van der Waals surface area contributed by atoms with Crippen LogP contribution in [0.2, 0.25) is 0 Å². The lowest BCUT2D eigenvalue weighted by Gasteiger charge is -2.11. The molecule has 49 heavy (non-hydrogen) atoms. The van der Waals surface area contributed by atoms with E-state index in [9.17, 15) is 5.11 Å². The van der Waals surface area contributed by atoms with Crippen LogP contribution in [0.5, 0.6) is 0 Å². The van der Waals surface area contributed by atoms with Crippen LogP contribution in [0, 0.1) is 0 Å². The standard InChI is InChI=1S/C32H66O17/c1-2-49-32(34)31-48-30-29-47-28-27-46-26-25-45-24-23-44-22-21-43-20-19-42-18-17-41-16-15-40-14-13-39-12-11-38-10-9-37-8-7-36-6-5-35-4-3-33/h32-34H,2-31H2,1H3. The van der Waals surface area contributed by atoms with Gasteiger partial charge in [0.2, 0.25) is 0 Å². The first kappa shape index (κ1) is 48.3. The van der Waals surface area contributed by atoms with Crippen molar-refractivity contribution < 1.29 is 81.3 Å². The summed E-state index contributed by atoms with van der Waals surface area (Å²) >= 11 is 0. The van der Waals surface area contributed by atoms with Crippen LogP contribution in [0.4, 0.5) is 0 Å². The summed E-state index contributed by atoms with van der Waals surface area (Å²) in [7, 11) is 0. The molecule has 0 aromatic heterocycles. The third kappa shape index (κ3) is 45.3. The van der Waals surface area contributed by atoms with E-state index >= 15 is 0 Å². The average Bonchev–Trinajstić information content (AvgIpc) is 3.10. The number of aliphatic hydroxyl groups excluding tert-OH is 2. The Morgan fingerprint density at radius 1 is 0.306 bits per heavy atom. The highest BCUT2D eigenvalue weighted by atomic mass is 16.6. The minimum atomic E-state index is -0.891. The van der Waals surface area contributed by atoms with E-state index in [0.717, 1.165) is 0 Å². The van der Waals surface area contributed by atoms with Crippen molar-refractivity contribution in [3.63, 3.8) is 0 Å². The van der Waals surface area contributed by atoms with Crippen LogP contribution in [0.1, 0.15) is 6.92 Å². The number of ether oxygens (including phenoxy) is 15. The SMILES string of the molecule is CCOC(O)COCCOCCOCCOCCOCCOCCOCCOCCOCCOCCOCCOCCOCCOCCO. The summed E-state index contributed by atoms with van der Waals surface area (Å²) in [6.45, 7) is 15.3. The summed E-state index contributed by atoms with van der Waals surface area (Å²) < 4.78 is 80.5. The van der Waals surface area contributed by atoms with Crippen LogP contribution in [-0.2, 0) is 71.1 Å². The fraction of sp³-hybridized carbons (Fsp3) is 1.00. The third-order valence-corrected chi connectivity index (χ3v) is 5.69. The quantitative estimate of drug-likeness (QED) is 0.0610. The van der Waals surface area contributed by atoms with Crippen molar-refractivity contribution >= 4 is 0 Å². The van der Waals surface area contributed by atoms with Crippen LogP contribution in [0.3, 0.4) is 0 Å². The van der Waals surface area contributed by atoms with E-state index in [1.807, 2.05) is 6.92 Å². The van der Waals surface area contributed by atoms with E-state index in [-0.39, 0.29) is 13.2 Å². The van der Waals surface area contributed by atoms with E-state index < -0.39 is 6.29 Å². The second-order valence-corrected chi connectivity index (χ2v) is 9.67. The highest BCUT2D eigenvalue weighted by molar-refractivity contribution is 4.41. The van der Waals surface area contributed by atoms with Crippen molar-refractivity contribution in [2.24, 2.45) is 0 Å². The maximum atomic E-state index is 9.34. The Hall–Kier alpha value is -0.680. The average molecular weight is 723 g/mol. The molecule has 0 saturated heterocycles. The molecule has 0 spiro atoms. The lowest BCUT2D eigenvalue weighted by molar-refractivity contribution is -0.138. The van der Waals surface area contributed by atoms with Crippen molar-refractivity contribution in [2.45, 2.75) is 13.2 Å². The van der Waals surface area contributed by atoms with Crippen molar-refractivity contribution in [3.8, 4) is 0 Å². The molecule has 0 aromatic carbocycles. The third-order valence-electron chi connectivity index (χ3n) is 5.69. The number of rotatable bonds is 45. The summed E-state index contributed by atoms with van der Waals surface area (Å²) in [5.74, 6) is 0. The normalized spacial score (nSPS) is 12.3. The lowest BCUT2D eigenvalue weighted by Crippen LogP contribution is -2.20. The van der Waals surface area contributed by atoms with Gasteiger partial charge >= 0.3 is 0 Å². The number of hydrogen-bond acceptors (Lipinski definition) is 17. The molecule has 0 bridgehead atoms. The Morgan fingerprint density at radius 2 is 0.490 bits per heavy atom. The van der Waals surface area contributed by atoms with Gasteiger partial charge in [-0.05, 0) is 6.92 Å². The van der Waals surface area contributed by atoms with Crippen molar-refractivity contribution in [3.05, 3.63) is 0 Å². The molecule has 0 fully saturated rings. The fourth-order valence-corrected chi connectivity index (χ4v) is 3.35. The molecular weight excluding hydrogens is 656 g/mol. The van der Waals surface area contributed by atoms with Gasteiger partial charge in [-0.15, -0.1) is 0 Å². The topological polar surface area (TPSA) is 179 Å². The lowest BCUT2D eigenvalue weighted by atomic mass is 10.6. The molecule has 0 aliphatic rings. The first-order valence-electron chi connectivity index (χ1n) is 17.3. The molecule has 0 aliphatic heterocycles. The summed E-state index contributed by atoms with van der Waals surface area (Å²) in [5.41, 5.74) is 0. The van der Waals surface area contributed by atoms with Gasteiger partial charge in [-0.25, -0.2) is 0 Å². The number of hydrogen-bond donors (Lipinski definition) is 2. The maximum Gasteiger partial charge on any atom is 0.178 e. The molecule has 0 amide bonds. The van der Waals surface area contributed by atoms with Gasteiger partial charge in [0.25, 0.3) is 0 Å². The largest absolute Gasteiger partial charge is 0.394 e. The van der Waals surface area contributed by atoms with Crippen molar-refractivity contribution in [1.82, 2.24) is 0 Å². The fourth-order valence-electron chi connectivity index (χ4n) is 3.35. The van der Waals surface area contributed by atoms with E-state index in [1.54, 1.807) is 0 Å². The van der Waals surface area contributed by atoms with Gasteiger partial charge in [0.1, 0.15) is 0 Å². The molecule has 17 heteroatoms. The second-order valence-electron chi connectivity index (χ2n) is 9.67. The van der Waals surface area contributed by atoms with Crippen LogP contribution in [-0.4, -0.2) is 215 Å². The maximum absolute atomic E-state index is 9.34. The van der Waals surface area contributed by atoms with Crippen molar-refractivity contribution in [2.75, 3.05) is 198 Å².